The number of halogens is 2. The van der Waals surface area contributed by atoms with Crippen molar-refractivity contribution >= 4 is 5.91 Å². The molecule has 3 nitrogen and oxygen atoms in total. The first-order valence-corrected chi connectivity index (χ1v) is 5.86. The van der Waals surface area contributed by atoms with Gasteiger partial charge in [-0.3, -0.25) is 4.79 Å². The minimum Gasteiger partial charge on any atom is -0.372 e. The van der Waals surface area contributed by atoms with Crippen molar-refractivity contribution in [1.82, 2.24) is 4.90 Å². The van der Waals surface area contributed by atoms with Crippen molar-refractivity contribution < 1.29 is 18.3 Å². The van der Waals surface area contributed by atoms with Gasteiger partial charge in [0.05, 0.1) is 12.2 Å². The van der Waals surface area contributed by atoms with Crippen LogP contribution in [0.15, 0.2) is 18.2 Å². The monoisotopic (exact) mass is 255 g/mol. The summed E-state index contributed by atoms with van der Waals surface area (Å²) in [5, 5.41) is 0. The maximum absolute atomic E-state index is 13.1. The number of hydrogen-bond acceptors (Lipinski definition) is 2. The topological polar surface area (TPSA) is 29.5 Å². The lowest BCUT2D eigenvalue weighted by Crippen LogP contribution is -2.48. The molecule has 0 spiro atoms. The molecule has 1 aliphatic heterocycles. The van der Waals surface area contributed by atoms with Crippen molar-refractivity contribution in [1.29, 1.82) is 0 Å². The first-order valence-electron chi connectivity index (χ1n) is 5.86. The Kier molecular flexibility index (Phi) is 3.61. The molecule has 2 rings (SSSR count). The van der Waals surface area contributed by atoms with Crippen LogP contribution < -0.4 is 0 Å². The molecular weight excluding hydrogens is 240 g/mol. The Morgan fingerprint density at radius 2 is 1.67 bits per heavy atom. The molecule has 1 aliphatic rings. The molecule has 2 atom stereocenters. The minimum absolute atomic E-state index is 0.0359. The molecule has 0 N–H and O–H groups in total. The molecule has 1 aromatic carbocycles. The van der Waals surface area contributed by atoms with Crippen LogP contribution in [0.4, 0.5) is 8.78 Å². The Labute approximate surface area is 104 Å². The highest BCUT2D eigenvalue weighted by atomic mass is 19.1. The van der Waals surface area contributed by atoms with Gasteiger partial charge in [0.2, 0.25) is 0 Å². The predicted octanol–water partition coefficient (Wildman–Crippen LogP) is 2.21. The van der Waals surface area contributed by atoms with Gasteiger partial charge in [0, 0.05) is 24.7 Å². The smallest absolute Gasteiger partial charge is 0.254 e. The zero-order valence-electron chi connectivity index (χ0n) is 10.3. The Morgan fingerprint density at radius 3 is 2.17 bits per heavy atom. The van der Waals surface area contributed by atoms with Crippen LogP contribution in [0.2, 0.25) is 0 Å². The van der Waals surface area contributed by atoms with Gasteiger partial charge in [0.25, 0.3) is 5.91 Å². The zero-order valence-corrected chi connectivity index (χ0v) is 10.3. The molecule has 1 fully saturated rings. The van der Waals surface area contributed by atoms with Crippen molar-refractivity contribution in [3.63, 3.8) is 0 Å². The molecule has 0 bridgehead atoms. The highest BCUT2D eigenvalue weighted by molar-refractivity contribution is 5.94. The molecule has 18 heavy (non-hydrogen) atoms. The van der Waals surface area contributed by atoms with Crippen LogP contribution in [-0.2, 0) is 4.74 Å². The highest BCUT2D eigenvalue weighted by Crippen LogP contribution is 2.16. The summed E-state index contributed by atoms with van der Waals surface area (Å²) in [6.45, 7) is 4.59. The Balaban J connectivity index is 2.20. The van der Waals surface area contributed by atoms with Crippen LogP contribution in [0, 0.1) is 11.6 Å². The number of benzene rings is 1. The van der Waals surface area contributed by atoms with Gasteiger partial charge in [-0.15, -0.1) is 0 Å². The maximum atomic E-state index is 13.1. The van der Waals surface area contributed by atoms with E-state index in [-0.39, 0.29) is 23.7 Å². The Hall–Kier alpha value is -1.49. The number of ether oxygens (including phenoxy) is 1. The van der Waals surface area contributed by atoms with Crippen molar-refractivity contribution in [2.45, 2.75) is 26.1 Å². The summed E-state index contributed by atoms with van der Waals surface area (Å²) in [6.07, 6.45) is -0.146. The second-order valence-corrected chi connectivity index (χ2v) is 4.63. The van der Waals surface area contributed by atoms with Crippen molar-refractivity contribution in [2.24, 2.45) is 0 Å². The molecule has 5 heteroatoms. The van der Waals surface area contributed by atoms with E-state index in [2.05, 4.69) is 0 Å². The summed E-state index contributed by atoms with van der Waals surface area (Å²) in [4.78, 5) is 13.7. The van der Waals surface area contributed by atoms with Crippen LogP contribution in [0.1, 0.15) is 24.2 Å². The molecule has 0 aromatic heterocycles. The van der Waals surface area contributed by atoms with E-state index in [1.165, 1.54) is 0 Å². The number of nitrogens with zero attached hydrogens (tertiary/aromatic N) is 1. The third-order valence-corrected chi connectivity index (χ3v) is 2.82. The Morgan fingerprint density at radius 1 is 1.17 bits per heavy atom. The van der Waals surface area contributed by atoms with Gasteiger partial charge >= 0.3 is 0 Å². The first-order chi connectivity index (χ1) is 8.45. The lowest BCUT2D eigenvalue weighted by molar-refractivity contribution is -0.0586. The standard InChI is InChI=1S/C13H15F2NO2/c1-8-6-16(7-9(2)18-8)13(17)10-3-11(14)5-12(15)4-10/h3-5,8-9H,6-7H2,1-2H3/t8-,9+. The van der Waals surface area contributed by atoms with Crippen LogP contribution in [0.5, 0.6) is 0 Å². The summed E-state index contributed by atoms with van der Waals surface area (Å²) in [5.41, 5.74) is 0.0359. The molecule has 0 radical (unpaired) electrons. The summed E-state index contributed by atoms with van der Waals surface area (Å²) in [5.74, 6) is -1.85. The number of carbonyl (C=O) groups is 1. The van der Waals surface area contributed by atoms with E-state index < -0.39 is 11.6 Å². The summed E-state index contributed by atoms with van der Waals surface area (Å²) in [7, 11) is 0. The fourth-order valence-electron chi connectivity index (χ4n) is 2.20. The van der Waals surface area contributed by atoms with E-state index in [0.29, 0.717) is 13.1 Å². The van der Waals surface area contributed by atoms with Crippen LogP contribution in [-0.4, -0.2) is 36.1 Å². The summed E-state index contributed by atoms with van der Waals surface area (Å²) >= 11 is 0. The zero-order chi connectivity index (χ0) is 13.3. The minimum atomic E-state index is -0.743. The molecule has 1 aromatic rings. The van der Waals surface area contributed by atoms with Crippen LogP contribution >= 0.6 is 0 Å². The van der Waals surface area contributed by atoms with Gasteiger partial charge in [-0.05, 0) is 26.0 Å². The van der Waals surface area contributed by atoms with E-state index in [9.17, 15) is 13.6 Å². The number of morpholine rings is 1. The van der Waals surface area contributed by atoms with E-state index in [1.807, 2.05) is 13.8 Å². The predicted molar refractivity (Wildman–Crippen MR) is 62.3 cm³/mol. The molecule has 0 aliphatic carbocycles. The van der Waals surface area contributed by atoms with Gasteiger partial charge in [-0.2, -0.15) is 0 Å². The number of carbonyl (C=O) groups excluding carboxylic acids is 1. The molecular formula is C13H15F2NO2. The van der Waals surface area contributed by atoms with Gasteiger partial charge in [-0.25, -0.2) is 8.78 Å². The number of rotatable bonds is 1. The van der Waals surface area contributed by atoms with E-state index >= 15 is 0 Å². The van der Waals surface area contributed by atoms with Gasteiger partial charge < -0.3 is 9.64 Å². The summed E-state index contributed by atoms with van der Waals surface area (Å²) in [6, 6.07) is 2.85. The van der Waals surface area contributed by atoms with Crippen molar-refractivity contribution in [3.8, 4) is 0 Å². The lowest BCUT2D eigenvalue weighted by atomic mass is 10.1. The number of hydrogen-bond donors (Lipinski definition) is 0. The third-order valence-electron chi connectivity index (χ3n) is 2.82. The normalized spacial score (nSPS) is 24.1. The molecule has 0 saturated carbocycles. The SMILES string of the molecule is C[C@@H]1CN(C(=O)c2cc(F)cc(F)c2)C[C@H](C)O1. The second kappa shape index (κ2) is 5.02. The molecule has 1 saturated heterocycles. The second-order valence-electron chi connectivity index (χ2n) is 4.63. The van der Waals surface area contributed by atoms with Crippen LogP contribution in [0.25, 0.3) is 0 Å². The molecule has 0 unspecified atom stereocenters. The average molecular weight is 255 g/mol. The summed E-state index contributed by atoms with van der Waals surface area (Å²) < 4.78 is 31.7. The number of amides is 1. The Bertz CT molecular complexity index is 434. The molecule has 98 valence electrons. The fourth-order valence-corrected chi connectivity index (χ4v) is 2.20. The third kappa shape index (κ3) is 2.85. The molecule has 1 heterocycles. The highest BCUT2D eigenvalue weighted by Gasteiger charge is 2.27. The van der Waals surface area contributed by atoms with Crippen LogP contribution in [0.3, 0.4) is 0 Å². The largest absolute Gasteiger partial charge is 0.372 e. The fraction of sp³-hybridized carbons (Fsp3) is 0.462. The lowest BCUT2D eigenvalue weighted by Gasteiger charge is -2.35. The van der Waals surface area contributed by atoms with Gasteiger partial charge in [0.1, 0.15) is 11.6 Å². The van der Waals surface area contributed by atoms with E-state index in [0.717, 1.165) is 18.2 Å². The quantitative estimate of drug-likeness (QED) is 0.770. The van der Waals surface area contributed by atoms with Gasteiger partial charge in [0.15, 0.2) is 0 Å². The molecule has 1 amide bonds. The first kappa shape index (κ1) is 13.0. The van der Waals surface area contributed by atoms with E-state index in [4.69, 9.17) is 4.74 Å². The van der Waals surface area contributed by atoms with Gasteiger partial charge in [-0.1, -0.05) is 0 Å². The van der Waals surface area contributed by atoms with E-state index in [1.54, 1.807) is 4.90 Å². The maximum Gasteiger partial charge on any atom is 0.254 e. The van der Waals surface area contributed by atoms with Crippen molar-refractivity contribution in [3.05, 3.63) is 35.4 Å². The average Bonchev–Trinajstić information content (AvgIpc) is 2.25. The van der Waals surface area contributed by atoms with Crippen molar-refractivity contribution in [2.75, 3.05) is 13.1 Å².